The normalized spacial score (nSPS) is 17.3. The Hall–Kier alpha value is -8.93. The molecule has 2 heteroatoms. The smallest absolute Gasteiger partial charge is 0.0753 e. The Bertz CT molecular complexity index is 4610. The second kappa shape index (κ2) is 18.8. The van der Waals surface area contributed by atoms with Crippen LogP contribution in [-0.2, 0) is 12.8 Å². The summed E-state index contributed by atoms with van der Waals surface area (Å²) >= 11 is 0. The average Bonchev–Trinajstić information content (AvgIpc) is 2.75. The van der Waals surface area contributed by atoms with Gasteiger partial charge >= 0.3 is 0 Å². The van der Waals surface area contributed by atoms with Crippen LogP contribution < -0.4 is 20.7 Å². The Morgan fingerprint density at radius 1 is 0.329 bits per heavy atom. The summed E-state index contributed by atoms with van der Waals surface area (Å²) in [4.78, 5) is 0. The van der Waals surface area contributed by atoms with Crippen molar-refractivity contribution in [2.45, 2.75) is 50.9 Å². The van der Waals surface area contributed by atoms with Gasteiger partial charge in [0.15, 0.2) is 0 Å². The third-order valence-electron chi connectivity index (χ3n) is 19.5. The van der Waals surface area contributed by atoms with Crippen molar-refractivity contribution in [1.82, 2.24) is 0 Å². The standard InChI is InChI=1S/C80H62Si2/c1-81(2,73-48-35-58-30-43-67-63(52-18-10-6-11-19-52)41-28-56-32-46-70(73)79(58)77(56)67)61-37-24-54(25-38-61)75-65-22-14-15-23-66(65)76(72-50-60(34-45-69(72)75)51-16-8-5-9-17-51)55-26-39-62(40-27-55)82(3,4)74-49-36-59-31-44-68-64(53-20-12-7-13-21-53)42-29-57-33-47-71(74)80(59)78(57)68/h5-29,32-50,77-78H,30-31H2,1-4H3. The Morgan fingerprint density at radius 3 is 1.20 bits per heavy atom. The molecule has 0 spiro atoms. The van der Waals surface area contributed by atoms with Gasteiger partial charge < -0.3 is 0 Å². The molecule has 0 aliphatic heterocycles. The van der Waals surface area contributed by atoms with Crippen LogP contribution in [0.15, 0.2) is 277 Å². The van der Waals surface area contributed by atoms with Crippen molar-refractivity contribution in [3.8, 4) is 33.4 Å². The van der Waals surface area contributed by atoms with Crippen molar-refractivity contribution in [2.75, 3.05) is 0 Å². The molecule has 0 saturated heterocycles. The second-order valence-electron chi connectivity index (χ2n) is 24.5. The lowest BCUT2D eigenvalue weighted by atomic mass is 9.68. The molecule has 0 nitrogen and oxygen atoms in total. The van der Waals surface area contributed by atoms with Crippen molar-refractivity contribution in [1.29, 1.82) is 0 Å². The van der Waals surface area contributed by atoms with E-state index in [1.807, 2.05) is 0 Å². The first-order valence-electron chi connectivity index (χ1n) is 29.5. The third-order valence-corrected chi connectivity index (χ3v) is 26.7. The van der Waals surface area contributed by atoms with Gasteiger partial charge in [0.05, 0.1) is 0 Å². The molecule has 2 unspecified atom stereocenters. The third kappa shape index (κ3) is 7.54. The van der Waals surface area contributed by atoms with E-state index < -0.39 is 16.1 Å². The van der Waals surface area contributed by atoms with E-state index in [1.165, 1.54) is 154 Å². The van der Waals surface area contributed by atoms with Crippen LogP contribution in [0, 0.1) is 0 Å². The van der Waals surface area contributed by atoms with E-state index in [4.69, 9.17) is 0 Å². The highest BCUT2D eigenvalue weighted by molar-refractivity contribution is 7.01. The van der Waals surface area contributed by atoms with Gasteiger partial charge in [0.25, 0.3) is 0 Å². The molecule has 16 rings (SSSR count). The van der Waals surface area contributed by atoms with E-state index in [9.17, 15) is 0 Å². The molecular formula is C80H62Si2. The van der Waals surface area contributed by atoms with Crippen molar-refractivity contribution >= 4 is 81.7 Å². The molecule has 10 aromatic rings. The van der Waals surface area contributed by atoms with Gasteiger partial charge in [0.2, 0.25) is 0 Å². The fraction of sp³-hybridized carbons (Fsp3) is 0.100. The van der Waals surface area contributed by atoms with Crippen LogP contribution in [0.5, 0.6) is 0 Å². The highest BCUT2D eigenvalue weighted by atomic mass is 28.3. The first kappa shape index (κ1) is 48.9. The highest BCUT2D eigenvalue weighted by Gasteiger charge is 2.40. The van der Waals surface area contributed by atoms with Crippen LogP contribution in [0.4, 0.5) is 0 Å². The maximum absolute atomic E-state index is 2.56. The predicted molar refractivity (Wildman–Crippen MR) is 356 cm³/mol. The van der Waals surface area contributed by atoms with Gasteiger partial charge in [-0.3, -0.25) is 0 Å². The summed E-state index contributed by atoms with van der Waals surface area (Å²) in [5, 5.41) is 11.1. The van der Waals surface area contributed by atoms with Gasteiger partial charge in [-0.15, -0.1) is 0 Å². The van der Waals surface area contributed by atoms with Crippen molar-refractivity contribution in [2.24, 2.45) is 0 Å². The zero-order valence-electron chi connectivity index (χ0n) is 47.0. The van der Waals surface area contributed by atoms with E-state index >= 15 is 0 Å². The lowest BCUT2D eigenvalue weighted by Crippen LogP contribution is -2.54. The summed E-state index contributed by atoms with van der Waals surface area (Å²) < 4.78 is 0. The number of hydrogen-bond donors (Lipinski definition) is 0. The van der Waals surface area contributed by atoms with Crippen LogP contribution in [-0.4, -0.2) is 16.1 Å². The monoisotopic (exact) mass is 1080 g/mol. The molecule has 0 bridgehead atoms. The fourth-order valence-corrected chi connectivity index (χ4v) is 20.7. The lowest BCUT2D eigenvalue weighted by molar-refractivity contribution is 0.900. The molecule has 0 aromatic heterocycles. The molecule has 6 aliphatic rings. The number of fused-ring (bicyclic) bond motifs is 2. The van der Waals surface area contributed by atoms with Crippen LogP contribution in [0.3, 0.4) is 0 Å². The molecule has 6 aliphatic carbocycles. The first-order chi connectivity index (χ1) is 40.2. The Labute approximate surface area is 484 Å². The zero-order chi connectivity index (χ0) is 54.8. The summed E-state index contributed by atoms with van der Waals surface area (Å²) in [6.07, 6.45) is 26.1. The van der Waals surface area contributed by atoms with Crippen molar-refractivity contribution in [3.05, 3.63) is 322 Å². The van der Waals surface area contributed by atoms with Crippen LogP contribution in [0.1, 0.15) is 56.3 Å². The minimum atomic E-state index is -2.21. The second-order valence-corrected chi connectivity index (χ2v) is 33.2. The number of rotatable bonds is 9. The Balaban J connectivity index is 0.772. The van der Waals surface area contributed by atoms with Crippen LogP contribution in [0.2, 0.25) is 26.2 Å². The molecule has 0 heterocycles. The summed E-state index contributed by atoms with van der Waals surface area (Å²) in [7, 11) is -4.42. The van der Waals surface area contributed by atoms with Crippen LogP contribution >= 0.6 is 0 Å². The topological polar surface area (TPSA) is 0 Å². The molecule has 0 saturated carbocycles. The summed E-state index contributed by atoms with van der Waals surface area (Å²) in [6, 6.07) is 78.7. The zero-order valence-corrected chi connectivity index (χ0v) is 49.0. The molecule has 0 fully saturated rings. The van der Waals surface area contributed by atoms with Gasteiger partial charge in [0, 0.05) is 11.8 Å². The predicted octanol–water partition coefficient (Wildman–Crippen LogP) is 17.9. The molecule has 0 radical (unpaired) electrons. The van der Waals surface area contributed by atoms with Gasteiger partial charge in [-0.1, -0.05) is 298 Å². The maximum atomic E-state index is 2.56. The number of benzene rings is 10. The molecule has 0 N–H and O–H groups in total. The Morgan fingerprint density at radius 2 is 0.732 bits per heavy atom. The van der Waals surface area contributed by atoms with Gasteiger partial charge in [-0.2, -0.15) is 0 Å². The summed E-state index contributed by atoms with van der Waals surface area (Å²) in [5.74, 6) is 0.548. The molecule has 82 heavy (non-hydrogen) atoms. The van der Waals surface area contributed by atoms with E-state index in [0.717, 1.165) is 12.8 Å². The minimum Gasteiger partial charge on any atom is -0.0753 e. The number of hydrogen-bond acceptors (Lipinski definition) is 0. The average molecular weight is 1080 g/mol. The van der Waals surface area contributed by atoms with Gasteiger partial charge in [-0.25, -0.2) is 0 Å². The van der Waals surface area contributed by atoms with Crippen molar-refractivity contribution < 1.29 is 0 Å². The molecule has 10 aromatic carbocycles. The van der Waals surface area contributed by atoms with E-state index in [-0.39, 0.29) is 11.8 Å². The molecule has 390 valence electrons. The highest BCUT2D eigenvalue weighted by Crippen LogP contribution is 2.52. The minimum absolute atomic E-state index is 0.273. The fourth-order valence-electron chi connectivity index (χ4n) is 15.3. The first-order valence-corrected chi connectivity index (χ1v) is 35.5. The SMILES string of the molecule is C[Si](C)(c1ccc(-c2c3ccccc3c(-c3ccc([Si](C)(C)c4ccc5c6c4C=CC4=CC=C(c7ccccc7)C(=CC5)C46)cc3)c3cc(-c4ccccc4)ccc23)cc1)c1ccc2c3c1C=CC1=CC=C(c4ccccc4)C(=CC2)C13. The summed E-state index contributed by atoms with van der Waals surface area (Å²) in [5.41, 5.74) is 27.5. The molecule has 2 atom stereocenters. The van der Waals surface area contributed by atoms with Crippen LogP contribution in [0.25, 0.3) is 78.2 Å². The van der Waals surface area contributed by atoms with Gasteiger partial charge in [0.1, 0.15) is 16.1 Å². The summed E-state index contributed by atoms with van der Waals surface area (Å²) in [6.45, 7) is 10.2. The van der Waals surface area contributed by atoms with E-state index in [2.05, 4.69) is 293 Å². The van der Waals surface area contributed by atoms with Crippen molar-refractivity contribution in [3.63, 3.8) is 0 Å². The number of allylic oxidation sites excluding steroid dienone is 14. The lowest BCUT2D eigenvalue weighted by Gasteiger charge is -2.38. The quantitative estimate of drug-likeness (QED) is 0.0998. The van der Waals surface area contributed by atoms with E-state index in [0.29, 0.717) is 0 Å². The molecule has 0 amide bonds. The maximum Gasteiger partial charge on any atom is 0.113 e. The Kier molecular flexibility index (Phi) is 11.2. The largest absolute Gasteiger partial charge is 0.113 e. The molecular weight excluding hydrogens is 1020 g/mol. The van der Waals surface area contributed by atoms with Gasteiger partial charge in [-0.05, 0) is 162 Å². The van der Waals surface area contributed by atoms with E-state index in [1.54, 1.807) is 0 Å².